The first-order valence-corrected chi connectivity index (χ1v) is 7.71. The molecule has 1 atom stereocenters. The maximum Gasteiger partial charge on any atom is 0.434 e. The minimum atomic E-state index is -4.94. The predicted molar refractivity (Wildman–Crippen MR) is 67.7 cm³/mol. The molecule has 5 nitrogen and oxygen atoms in total. The number of nitrogens with zero attached hydrogens (tertiary/aromatic N) is 2. The van der Waals surface area contributed by atoms with Gasteiger partial charge in [0, 0.05) is 17.4 Å². The van der Waals surface area contributed by atoms with Crippen LogP contribution in [0.3, 0.4) is 0 Å². The highest BCUT2D eigenvalue weighted by atomic mass is 79.9. The quantitative estimate of drug-likeness (QED) is 0.573. The Morgan fingerprint density at radius 3 is 2.43 bits per heavy atom. The van der Waals surface area contributed by atoms with Crippen molar-refractivity contribution in [2.75, 3.05) is 11.4 Å². The van der Waals surface area contributed by atoms with Crippen LogP contribution in [-0.2, 0) is 21.2 Å². The maximum absolute atomic E-state index is 12.9. The second-order valence-corrected chi connectivity index (χ2v) is 6.78. The van der Waals surface area contributed by atoms with Gasteiger partial charge < -0.3 is 0 Å². The fraction of sp³-hybridized carbons (Fsp3) is 0.400. The molecular weight excluding hydrogens is 384 g/mol. The molecule has 1 aromatic heterocycles. The molecule has 21 heavy (non-hydrogen) atoms. The number of carbonyl (C=O) groups is 1. The van der Waals surface area contributed by atoms with Gasteiger partial charge in [0.05, 0.1) is 0 Å². The molecule has 0 aromatic carbocycles. The van der Waals surface area contributed by atoms with Crippen LogP contribution in [0, 0.1) is 0 Å². The molecule has 1 aromatic rings. The molecule has 1 aliphatic rings. The Morgan fingerprint density at radius 2 is 1.95 bits per heavy atom. The summed E-state index contributed by atoms with van der Waals surface area (Å²) in [6.07, 6.45) is -5.37. The third-order valence-corrected chi connectivity index (χ3v) is 4.62. The van der Waals surface area contributed by atoms with Gasteiger partial charge in [0.25, 0.3) is 0 Å². The van der Waals surface area contributed by atoms with Crippen molar-refractivity contribution in [2.45, 2.75) is 17.8 Å². The highest BCUT2D eigenvalue weighted by Gasteiger charge is 2.41. The molecule has 0 N–H and O–H groups in total. The summed E-state index contributed by atoms with van der Waals surface area (Å²) in [5.41, 5.74) is -1.25. The van der Waals surface area contributed by atoms with Gasteiger partial charge in [0.1, 0.15) is 11.1 Å². The summed E-state index contributed by atoms with van der Waals surface area (Å²) in [6.45, 7) is -0.566. The van der Waals surface area contributed by atoms with E-state index >= 15 is 0 Å². The number of halogens is 5. The van der Waals surface area contributed by atoms with E-state index in [-0.39, 0.29) is 10.3 Å². The molecule has 0 radical (unpaired) electrons. The molecule has 1 amide bonds. The number of carbonyl (C=O) groups excluding carboxylic acids is 1. The normalized spacial score (nSPS) is 20.1. The van der Waals surface area contributed by atoms with Gasteiger partial charge in [-0.25, -0.2) is 4.98 Å². The molecule has 1 unspecified atom stereocenters. The number of pyridine rings is 1. The van der Waals surface area contributed by atoms with Crippen LogP contribution in [0.25, 0.3) is 0 Å². The fourth-order valence-corrected chi connectivity index (χ4v) is 2.98. The van der Waals surface area contributed by atoms with Crippen LogP contribution in [0.5, 0.6) is 0 Å². The zero-order valence-electron chi connectivity index (χ0n) is 10.1. The van der Waals surface area contributed by atoms with Crippen molar-refractivity contribution in [3.05, 3.63) is 22.3 Å². The Hall–Kier alpha value is -1.23. The first-order valence-electron chi connectivity index (χ1n) is 5.47. The second kappa shape index (κ2) is 5.20. The third kappa shape index (κ3) is 3.34. The summed E-state index contributed by atoms with van der Waals surface area (Å²) >= 11 is 2.69. The highest BCUT2D eigenvalue weighted by molar-refractivity contribution is 9.10. The van der Waals surface area contributed by atoms with Gasteiger partial charge in [-0.05, 0) is 28.1 Å². The van der Waals surface area contributed by atoms with E-state index in [0.29, 0.717) is 0 Å². The molecule has 2 heterocycles. The molecule has 0 saturated carbocycles. The van der Waals surface area contributed by atoms with Crippen molar-refractivity contribution in [3.63, 3.8) is 0 Å². The number of anilines is 1. The summed E-state index contributed by atoms with van der Waals surface area (Å²) in [6, 6.07) is 2.15. The summed E-state index contributed by atoms with van der Waals surface area (Å²) < 4.78 is 72.3. The van der Waals surface area contributed by atoms with Crippen molar-refractivity contribution in [3.8, 4) is 0 Å². The molecule has 0 bridgehead atoms. The molecule has 116 valence electrons. The maximum atomic E-state index is 12.9. The van der Waals surface area contributed by atoms with Crippen LogP contribution in [-0.4, -0.2) is 31.1 Å². The molecule has 1 saturated heterocycles. The van der Waals surface area contributed by atoms with Gasteiger partial charge in [-0.15, -0.1) is 3.89 Å². The van der Waals surface area contributed by atoms with E-state index < -0.39 is 46.2 Å². The van der Waals surface area contributed by atoms with Gasteiger partial charge in [0.2, 0.25) is 5.91 Å². The number of hydrogen-bond acceptors (Lipinski definition) is 4. The Kier molecular flexibility index (Phi) is 4.00. The molecule has 11 heteroatoms. The molecule has 1 fully saturated rings. The van der Waals surface area contributed by atoms with Crippen molar-refractivity contribution in [1.82, 2.24) is 4.98 Å². The largest absolute Gasteiger partial charge is 0.434 e. The van der Waals surface area contributed by atoms with Crippen molar-refractivity contribution in [1.29, 1.82) is 0 Å². The van der Waals surface area contributed by atoms with Crippen LogP contribution in [0.15, 0.2) is 16.6 Å². The zero-order valence-corrected chi connectivity index (χ0v) is 12.5. The van der Waals surface area contributed by atoms with E-state index in [2.05, 4.69) is 20.9 Å². The number of alkyl halides is 3. The lowest BCUT2D eigenvalue weighted by atomic mass is 10.3. The molecule has 0 aliphatic carbocycles. The average Bonchev–Trinajstić information content (AvgIpc) is 2.70. The van der Waals surface area contributed by atoms with E-state index in [1.54, 1.807) is 0 Å². The Labute approximate surface area is 125 Å². The van der Waals surface area contributed by atoms with Gasteiger partial charge >= 0.3 is 16.4 Å². The molecule has 2 rings (SSSR count). The predicted octanol–water partition coefficient (Wildman–Crippen LogP) is 2.27. The minimum absolute atomic E-state index is 0.319. The van der Waals surface area contributed by atoms with Crippen molar-refractivity contribution >= 4 is 37.9 Å². The number of rotatable bonds is 2. The van der Waals surface area contributed by atoms with Gasteiger partial charge in [-0.2, -0.15) is 21.6 Å². The van der Waals surface area contributed by atoms with Crippen LogP contribution < -0.4 is 4.90 Å². The van der Waals surface area contributed by atoms with Gasteiger partial charge in [-0.1, -0.05) is 0 Å². The zero-order chi connectivity index (χ0) is 16.0. The summed E-state index contributed by atoms with van der Waals surface area (Å²) in [5, 5.41) is -1.59. The Morgan fingerprint density at radius 1 is 1.33 bits per heavy atom. The lowest BCUT2D eigenvalue weighted by Gasteiger charge is -2.17. The Balaban J connectivity index is 2.38. The summed E-state index contributed by atoms with van der Waals surface area (Å²) in [4.78, 5) is 15.7. The molecular formula is C10H7BrF4N2O3S. The van der Waals surface area contributed by atoms with Gasteiger partial charge in [-0.3, -0.25) is 9.69 Å². The van der Waals surface area contributed by atoms with E-state index in [4.69, 9.17) is 0 Å². The van der Waals surface area contributed by atoms with E-state index in [0.717, 1.165) is 17.0 Å². The first kappa shape index (κ1) is 16.1. The smallest absolute Gasteiger partial charge is 0.295 e. The van der Waals surface area contributed by atoms with E-state index in [1.165, 1.54) is 0 Å². The molecule has 1 aliphatic heterocycles. The SMILES string of the molecule is O=C1CC(S(=O)(=O)F)CN1c1ccc(Br)c(C(F)(F)F)n1. The van der Waals surface area contributed by atoms with Crippen molar-refractivity contribution < 1.29 is 30.3 Å². The van der Waals surface area contributed by atoms with Gasteiger partial charge in [0.15, 0.2) is 5.69 Å². The van der Waals surface area contributed by atoms with E-state index in [9.17, 15) is 30.3 Å². The number of aromatic nitrogens is 1. The third-order valence-electron chi connectivity index (χ3n) is 2.86. The lowest BCUT2D eigenvalue weighted by Crippen LogP contribution is -2.28. The Bertz CT molecular complexity index is 692. The lowest BCUT2D eigenvalue weighted by molar-refractivity contribution is -0.141. The number of amides is 1. The average molecular weight is 391 g/mol. The topological polar surface area (TPSA) is 67.3 Å². The minimum Gasteiger partial charge on any atom is -0.295 e. The first-order chi connectivity index (χ1) is 9.50. The highest BCUT2D eigenvalue weighted by Crippen LogP contribution is 2.35. The standard InChI is InChI=1S/C10H7BrF4N2O3S/c11-6-1-2-7(16-9(6)10(12,13)14)17-4-5(3-8(17)18)21(15,19)20/h1-2,5H,3-4H2. The summed E-state index contributed by atoms with van der Waals surface area (Å²) in [7, 11) is -4.94. The van der Waals surface area contributed by atoms with Crippen LogP contribution >= 0.6 is 15.9 Å². The monoisotopic (exact) mass is 390 g/mol. The summed E-state index contributed by atoms with van der Waals surface area (Å²) in [5.74, 6) is -1.18. The van der Waals surface area contributed by atoms with Crippen LogP contribution in [0.4, 0.5) is 22.9 Å². The van der Waals surface area contributed by atoms with Crippen molar-refractivity contribution in [2.24, 2.45) is 0 Å². The fourth-order valence-electron chi connectivity index (χ4n) is 1.87. The van der Waals surface area contributed by atoms with E-state index in [1.807, 2.05) is 0 Å². The second-order valence-electron chi connectivity index (χ2n) is 4.30. The van der Waals surface area contributed by atoms with Crippen LogP contribution in [0.2, 0.25) is 0 Å². The van der Waals surface area contributed by atoms with Crippen LogP contribution in [0.1, 0.15) is 12.1 Å². The number of hydrogen-bond donors (Lipinski definition) is 0. The molecule has 0 spiro atoms.